The molecule has 0 bridgehead atoms. The second-order valence-corrected chi connectivity index (χ2v) is 12.0. The minimum Gasteiger partial charge on any atom is -0.464 e. The Hall–Kier alpha value is -4.50. The van der Waals surface area contributed by atoms with E-state index < -0.39 is 23.5 Å². The van der Waals surface area contributed by atoms with Crippen molar-refractivity contribution in [3.8, 4) is 0 Å². The van der Waals surface area contributed by atoms with Crippen LogP contribution in [0.25, 0.3) is 0 Å². The molecule has 1 aromatic heterocycles. The van der Waals surface area contributed by atoms with Gasteiger partial charge < -0.3 is 23.9 Å². The summed E-state index contributed by atoms with van der Waals surface area (Å²) < 4.78 is 57.2. The molecule has 16 heteroatoms. The number of methoxy groups -OCH3 is 1. The summed E-state index contributed by atoms with van der Waals surface area (Å²) in [4.78, 5) is 25.9. The second kappa shape index (κ2) is 18.1. The highest BCUT2D eigenvalue weighted by molar-refractivity contribution is 6.43. The number of carbonyl (C=O) groups is 1. The van der Waals surface area contributed by atoms with Gasteiger partial charge in [-0.1, -0.05) is 89.3 Å². The lowest BCUT2D eigenvalue weighted by atomic mass is 10.0. The first-order valence-corrected chi connectivity index (χ1v) is 16.4. The van der Waals surface area contributed by atoms with E-state index in [1.165, 1.54) is 39.6 Å². The Kier molecular flexibility index (Phi) is 14.0. The largest absolute Gasteiger partial charge is 0.464 e. The molecule has 0 saturated carbocycles. The average Bonchev–Trinajstić information content (AvgIpc) is 3.77. The highest BCUT2D eigenvalue weighted by atomic mass is 35.5. The summed E-state index contributed by atoms with van der Waals surface area (Å²) in [6.45, 7) is 4.52. The molecule has 1 saturated heterocycles. The van der Waals surface area contributed by atoms with Gasteiger partial charge in [-0.2, -0.15) is 18.3 Å². The Morgan fingerprint density at radius 1 is 1.08 bits per heavy atom. The second-order valence-electron chi connectivity index (χ2n) is 11.1. The Bertz CT molecular complexity index is 1820. The molecule has 4 aromatic rings. The summed E-state index contributed by atoms with van der Waals surface area (Å²) in [7, 11) is 2.51. The molecule has 1 aliphatic heterocycles. The fourth-order valence-corrected chi connectivity index (χ4v) is 5.65. The van der Waals surface area contributed by atoms with Crippen LogP contribution >= 0.6 is 23.2 Å². The number of ether oxygens (including phenoxy) is 3. The van der Waals surface area contributed by atoms with Crippen LogP contribution < -0.4 is 0 Å². The molecule has 0 amide bonds. The van der Waals surface area contributed by atoms with Crippen molar-refractivity contribution in [2.45, 2.75) is 57.9 Å². The molecule has 3 aromatic carbocycles. The number of benzene rings is 3. The summed E-state index contributed by atoms with van der Waals surface area (Å²) in [5.74, 6) is -1.65. The van der Waals surface area contributed by atoms with Crippen molar-refractivity contribution in [3.63, 3.8) is 0 Å². The highest BCUT2D eigenvalue weighted by Crippen LogP contribution is 2.41. The topological polar surface area (TPSA) is 119 Å². The number of hydrogen-bond donors (Lipinski definition) is 0. The average molecular weight is 751 g/mol. The third-order valence-corrected chi connectivity index (χ3v) is 8.06. The minimum atomic E-state index is -4.44. The molecule has 0 spiro atoms. The summed E-state index contributed by atoms with van der Waals surface area (Å²) in [5, 5.41) is 12.8. The van der Waals surface area contributed by atoms with Gasteiger partial charge in [0.25, 0.3) is 0 Å². The number of hydrogen-bond acceptors (Lipinski definition) is 10. The molecule has 272 valence electrons. The predicted octanol–water partition coefficient (Wildman–Crippen LogP) is 7.82. The first kappa shape index (κ1) is 39.3. The zero-order valence-electron chi connectivity index (χ0n) is 28.2. The SMILES string of the molecule is CCCC1COC(Cn2cncn2)(c2ccc(Cl)cc2Cl)O1.CO/N=C(/C(=O)OC)c1ccccc1CO/N=C(\C)c1cccc(C(F)(F)F)c1. The van der Waals surface area contributed by atoms with E-state index in [1.807, 2.05) is 6.07 Å². The number of aromatic nitrogens is 3. The highest BCUT2D eigenvalue weighted by Gasteiger charge is 2.45. The van der Waals surface area contributed by atoms with Gasteiger partial charge in [-0.25, -0.2) is 14.5 Å². The Morgan fingerprint density at radius 2 is 1.86 bits per heavy atom. The van der Waals surface area contributed by atoms with E-state index in [1.54, 1.807) is 47.4 Å². The van der Waals surface area contributed by atoms with Crippen LogP contribution in [0.15, 0.2) is 89.7 Å². The van der Waals surface area contributed by atoms with E-state index in [-0.39, 0.29) is 29.7 Å². The van der Waals surface area contributed by atoms with Crippen LogP contribution in [0.5, 0.6) is 0 Å². The van der Waals surface area contributed by atoms with Gasteiger partial charge in [0.05, 0.1) is 36.1 Å². The molecule has 1 aliphatic rings. The number of oxime groups is 2. The van der Waals surface area contributed by atoms with Gasteiger partial charge in [0.2, 0.25) is 5.79 Å². The Balaban J connectivity index is 0.000000237. The fraction of sp³-hybridized carbons (Fsp3) is 0.343. The van der Waals surface area contributed by atoms with Crippen molar-refractivity contribution in [1.82, 2.24) is 14.8 Å². The van der Waals surface area contributed by atoms with E-state index in [0.717, 1.165) is 30.5 Å². The van der Waals surface area contributed by atoms with Gasteiger partial charge in [0.1, 0.15) is 32.9 Å². The van der Waals surface area contributed by atoms with Crippen LogP contribution in [0.3, 0.4) is 0 Å². The number of alkyl halides is 3. The molecular formula is C35H36Cl2F3N5O6. The van der Waals surface area contributed by atoms with Gasteiger partial charge in [0, 0.05) is 21.7 Å². The molecule has 2 atom stereocenters. The molecule has 11 nitrogen and oxygen atoms in total. The minimum absolute atomic E-state index is 0.0419. The van der Waals surface area contributed by atoms with Crippen molar-refractivity contribution in [2.24, 2.45) is 10.3 Å². The third kappa shape index (κ3) is 10.5. The summed E-state index contributed by atoms with van der Waals surface area (Å²) in [6, 6.07) is 16.9. The fourth-order valence-electron chi connectivity index (χ4n) is 5.10. The van der Waals surface area contributed by atoms with Crippen LogP contribution in [0.4, 0.5) is 13.2 Å². The predicted molar refractivity (Wildman–Crippen MR) is 184 cm³/mol. The molecule has 0 radical (unpaired) electrons. The van der Waals surface area contributed by atoms with Crippen molar-refractivity contribution >= 4 is 40.6 Å². The first-order valence-electron chi connectivity index (χ1n) is 15.6. The maximum absolute atomic E-state index is 12.9. The summed E-state index contributed by atoms with van der Waals surface area (Å²) >= 11 is 12.4. The molecule has 51 heavy (non-hydrogen) atoms. The van der Waals surface area contributed by atoms with Crippen molar-refractivity contribution in [2.75, 3.05) is 20.8 Å². The van der Waals surface area contributed by atoms with E-state index in [0.29, 0.717) is 34.3 Å². The van der Waals surface area contributed by atoms with E-state index >= 15 is 0 Å². The lowest BCUT2D eigenvalue weighted by Gasteiger charge is -2.29. The lowest BCUT2D eigenvalue weighted by molar-refractivity contribution is -0.189. The number of carbonyl (C=O) groups excluding carboxylic acids is 1. The van der Waals surface area contributed by atoms with Gasteiger partial charge in [0.15, 0.2) is 5.71 Å². The molecule has 2 unspecified atom stereocenters. The first-order chi connectivity index (χ1) is 24.4. The maximum Gasteiger partial charge on any atom is 0.416 e. The third-order valence-electron chi connectivity index (χ3n) is 7.51. The molecular weight excluding hydrogens is 714 g/mol. The van der Waals surface area contributed by atoms with Crippen LogP contribution in [0, 0.1) is 0 Å². The van der Waals surface area contributed by atoms with Gasteiger partial charge in [-0.15, -0.1) is 0 Å². The quantitative estimate of drug-likeness (QED) is 0.0818. The number of rotatable bonds is 12. The van der Waals surface area contributed by atoms with Crippen LogP contribution in [-0.2, 0) is 53.8 Å². The summed E-state index contributed by atoms with van der Waals surface area (Å²) in [5.41, 5.74) is 1.48. The van der Waals surface area contributed by atoms with Crippen molar-refractivity contribution < 1.29 is 41.9 Å². The van der Waals surface area contributed by atoms with Crippen LogP contribution in [-0.4, -0.2) is 59.1 Å². The number of esters is 1. The molecule has 0 N–H and O–H groups in total. The molecule has 5 rings (SSSR count). The van der Waals surface area contributed by atoms with Gasteiger partial charge >= 0.3 is 12.1 Å². The van der Waals surface area contributed by atoms with Crippen LogP contribution in [0.1, 0.15) is 54.5 Å². The Labute approximate surface area is 302 Å². The zero-order chi connectivity index (χ0) is 37.0. The number of nitrogens with zero attached hydrogens (tertiary/aromatic N) is 5. The van der Waals surface area contributed by atoms with Gasteiger partial charge in [-0.3, -0.25) is 0 Å². The maximum atomic E-state index is 12.9. The number of halogens is 5. The monoisotopic (exact) mass is 749 g/mol. The standard InChI is InChI=1S/C20H19F3N2O4.C15H17Cl2N3O2/c1-13(14-8-6-9-16(11-14)20(21,22)23)24-29-12-15-7-4-5-10-17(15)18(25-28-3)19(26)27-2;1-2-3-12-7-21-15(22-12,8-20-10-18-9-19-20)13-5-4-11(16)6-14(13)17/h4-11H,12H2,1-3H3;4-6,9-10,12H,2-3,7-8H2,1H3/b24-13+,25-18+;. The zero-order valence-corrected chi connectivity index (χ0v) is 29.7. The lowest BCUT2D eigenvalue weighted by Crippen LogP contribution is -2.34. The molecule has 2 heterocycles. The van der Waals surface area contributed by atoms with Crippen molar-refractivity contribution in [1.29, 1.82) is 0 Å². The Morgan fingerprint density at radius 3 is 2.53 bits per heavy atom. The van der Waals surface area contributed by atoms with Crippen molar-refractivity contribution in [3.05, 3.63) is 117 Å². The smallest absolute Gasteiger partial charge is 0.416 e. The van der Waals surface area contributed by atoms with E-state index in [2.05, 4.69) is 27.3 Å². The van der Waals surface area contributed by atoms with Crippen LogP contribution in [0.2, 0.25) is 10.0 Å². The summed E-state index contributed by atoms with van der Waals surface area (Å²) in [6.07, 6.45) is 0.675. The van der Waals surface area contributed by atoms with E-state index in [4.69, 9.17) is 47.1 Å². The van der Waals surface area contributed by atoms with E-state index in [9.17, 15) is 18.0 Å². The van der Waals surface area contributed by atoms with Gasteiger partial charge in [-0.05, 0) is 43.2 Å². The normalized spacial score (nSPS) is 17.8. The molecule has 1 fully saturated rings. The molecule has 0 aliphatic carbocycles.